The smallest absolute Gasteiger partial charge is 0.251 e. The molecule has 3 nitrogen and oxygen atoms in total. The number of rotatable bonds is 2. The molecule has 2 unspecified atom stereocenters. The molecule has 0 bridgehead atoms. The Morgan fingerprint density at radius 2 is 2.38 bits per heavy atom. The van der Waals surface area contributed by atoms with Crippen molar-refractivity contribution >= 4 is 12.2 Å². The molecule has 1 aromatic heterocycles. The summed E-state index contributed by atoms with van der Waals surface area (Å²) in [5.41, 5.74) is -0.113. The molecular weight excluding hydrogens is 220 g/mol. The second-order valence-electron chi connectivity index (χ2n) is 4.90. The van der Waals surface area contributed by atoms with Crippen LogP contribution in [-0.2, 0) is 6.54 Å². The normalized spacial score (nSPS) is 25.6. The van der Waals surface area contributed by atoms with Gasteiger partial charge in [-0.2, -0.15) is 0 Å². The van der Waals surface area contributed by atoms with Gasteiger partial charge in [0.25, 0.3) is 5.56 Å². The molecule has 0 aromatic carbocycles. The van der Waals surface area contributed by atoms with Crippen molar-refractivity contribution in [1.29, 1.82) is 0 Å². The minimum Gasteiger partial charge on any atom is -0.325 e. The maximum absolute atomic E-state index is 11.1. The summed E-state index contributed by atoms with van der Waals surface area (Å²) in [6, 6.07) is 1.54. The fourth-order valence-electron chi connectivity index (χ4n) is 2.59. The third-order valence-electron chi connectivity index (χ3n) is 3.40. The Labute approximate surface area is 101 Å². The van der Waals surface area contributed by atoms with Crippen LogP contribution < -0.4 is 5.56 Å². The molecule has 2 rings (SSSR count). The molecule has 1 saturated carbocycles. The topological polar surface area (TPSA) is 37.8 Å². The average Bonchev–Trinajstić information content (AvgIpc) is 2.22. The van der Waals surface area contributed by atoms with E-state index in [1.54, 1.807) is 12.3 Å². The number of hydrogen-bond acceptors (Lipinski definition) is 2. The second-order valence-corrected chi connectivity index (χ2v) is 5.29. The summed E-state index contributed by atoms with van der Waals surface area (Å²) in [7, 11) is 0. The van der Waals surface area contributed by atoms with Gasteiger partial charge in [-0.05, 0) is 36.9 Å². The zero-order valence-corrected chi connectivity index (χ0v) is 10.4. The Morgan fingerprint density at radius 3 is 3.06 bits per heavy atom. The Hall–Kier alpha value is -0.900. The van der Waals surface area contributed by atoms with Crippen LogP contribution >= 0.6 is 12.2 Å². The quantitative estimate of drug-likeness (QED) is 0.804. The molecule has 0 spiro atoms. The predicted octanol–water partition coefficient (Wildman–Crippen LogP) is 2.73. The molecule has 1 fully saturated rings. The van der Waals surface area contributed by atoms with Crippen molar-refractivity contribution < 1.29 is 0 Å². The van der Waals surface area contributed by atoms with Crippen LogP contribution in [0.1, 0.15) is 32.6 Å². The van der Waals surface area contributed by atoms with Gasteiger partial charge in [0.15, 0.2) is 4.77 Å². The maximum atomic E-state index is 11.1. The van der Waals surface area contributed by atoms with Crippen LogP contribution in [0.4, 0.5) is 0 Å². The van der Waals surface area contributed by atoms with Gasteiger partial charge in [0.1, 0.15) is 0 Å². The van der Waals surface area contributed by atoms with E-state index in [1.807, 2.05) is 4.57 Å². The summed E-state index contributed by atoms with van der Waals surface area (Å²) in [5, 5.41) is 0. The standard InChI is InChI=1S/C12H18N2OS/c1-9-3-2-4-10(7-9)8-14-6-5-11(15)13-12(14)16/h5-6,9-10H,2-4,7-8H2,1H3,(H,13,15,16). The van der Waals surface area contributed by atoms with Crippen LogP contribution in [0.3, 0.4) is 0 Å². The maximum Gasteiger partial charge on any atom is 0.251 e. The Morgan fingerprint density at radius 1 is 1.56 bits per heavy atom. The largest absolute Gasteiger partial charge is 0.325 e. The van der Waals surface area contributed by atoms with Gasteiger partial charge in [-0.15, -0.1) is 0 Å². The molecule has 0 saturated heterocycles. The van der Waals surface area contributed by atoms with E-state index < -0.39 is 0 Å². The van der Waals surface area contributed by atoms with E-state index >= 15 is 0 Å². The van der Waals surface area contributed by atoms with Gasteiger partial charge in [-0.3, -0.25) is 9.78 Å². The predicted molar refractivity (Wildman–Crippen MR) is 67.0 cm³/mol. The first kappa shape index (κ1) is 11.6. The summed E-state index contributed by atoms with van der Waals surface area (Å²) >= 11 is 5.14. The molecule has 2 atom stereocenters. The van der Waals surface area contributed by atoms with Crippen LogP contribution in [0, 0.1) is 16.6 Å². The molecule has 0 amide bonds. The van der Waals surface area contributed by atoms with Crippen molar-refractivity contribution in [3.05, 3.63) is 27.4 Å². The lowest BCUT2D eigenvalue weighted by Crippen LogP contribution is -2.20. The number of aromatic amines is 1. The summed E-state index contributed by atoms with van der Waals surface area (Å²) in [4.78, 5) is 13.7. The van der Waals surface area contributed by atoms with Gasteiger partial charge in [0, 0.05) is 18.8 Å². The first-order valence-corrected chi connectivity index (χ1v) is 6.36. The highest BCUT2D eigenvalue weighted by Crippen LogP contribution is 2.29. The molecule has 1 heterocycles. The van der Waals surface area contributed by atoms with E-state index in [9.17, 15) is 4.79 Å². The molecule has 16 heavy (non-hydrogen) atoms. The van der Waals surface area contributed by atoms with Crippen molar-refractivity contribution in [1.82, 2.24) is 9.55 Å². The fraction of sp³-hybridized carbons (Fsp3) is 0.667. The van der Waals surface area contributed by atoms with Gasteiger partial charge in [-0.1, -0.05) is 19.8 Å². The lowest BCUT2D eigenvalue weighted by molar-refractivity contribution is 0.255. The SMILES string of the molecule is CC1CCCC(Cn2ccc(=O)[nH]c2=S)C1. The first-order chi connectivity index (χ1) is 7.65. The summed E-state index contributed by atoms with van der Waals surface area (Å²) in [6.45, 7) is 3.26. The van der Waals surface area contributed by atoms with Crippen LogP contribution in [0.15, 0.2) is 17.1 Å². The van der Waals surface area contributed by atoms with Crippen LogP contribution in [0.25, 0.3) is 0 Å². The van der Waals surface area contributed by atoms with Gasteiger partial charge in [0.05, 0.1) is 0 Å². The number of nitrogens with zero attached hydrogens (tertiary/aromatic N) is 1. The van der Waals surface area contributed by atoms with Crippen LogP contribution in [0.5, 0.6) is 0 Å². The first-order valence-electron chi connectivity index (χ1n) is 5.95. The van der Waals surface area contributed by atoms with E-state index in [4.69, 9.17) is 12.2 Å². The van der Waals surface area contributed by atoms with Crippen molar-refractivity contribution in [3.8, 4) is 0 Å². The van der Waals surface area contributed by atoms with Crippen molar-refractivity contribution in [2.45, 2.75) is 39.2 Å². The lowest BCUT2D eigenvalue weighted by atomic mass is 9.82. The number of H-pyrrole nitrogens is 1. The summed E-state index contributed by atoms with van der Waals surface area (Å²) in [6.07, 6.45) is 7.04. The minimum absolute atomic E-state index is 0.113. The zero-order chi connectivity index (χ0) is 11.5. The third-order valence-corrected chi connectivity index (χ3v) is 3.73. The molecule has 1 aliphatic carbocycles. The average molecular weight is 238 g/mol. The molecule has 1 N–H and O–H groups in total. The number of hydrogen-bond donors (Lipinski definition) is 1. The lowest BCUT2D eigenvalue weighted by Gasteiger charge is -2.27. The fourth-order valence-corrected chi connectivity index (χ4v) is 2.83. The second kappa shape index (κ2) is 4.95. The highest BCUT2D eigenvalue weighted by Gasteiger charge is 2.18. The van der Waals surface area contributed by atoms with Gasteiger partial charge >= 0.3 is 0 Å². The molecule has 1 aliphatic rings. The van der Waals surface area contributed by atoms with Gasteiger partial charge in [0.2, 0.25) is 0 Å². The monoisotopic (exact) mass is 238 g/mol. The minimum atomic E-state index is -0.113. The molecule has 0 radical (unpaired) electrons. The van der Waals surface area contributed by atoms with Crippen LogP contribution in [0.2, 0.25) is 0 Å². The number of aromatic nitrogens is 2. The van der Waals surface area contributed by atoms with Crippen molar-refractivity contribution in [2.24, 2.45) is 11.8 Å². The highest BCUT2D eigenvalue weighted by molar-refractivity contribution is 7.71. The van der Waals surface area contributed by atoms with Gasteiger partial charge < -0.3 is 4.57 Å². The summed E-state index contributed by atoms with van der Waals surface area (Å²) < 4.78 is 2.53. The molecule has 1 aromatic rings. The highest BCUT2D eigenvalue weighted by atomic mass is 32.1. The van der Waals surface area contributed by atoms with E-state index in [0.717, 1.165) is 12.5 Å². The van der Waals surface area contributed by atoms with E-state index in [2.05, 4.69) is 11.9 Å². The van der Waals surface area contributed by atoms with Crippen molar-refractivity contribution in [2.75, 3.05) is 0 Å². The van der Waals surface area contributed by atoms with Gasteiger partial charge in [-0.25, -0.2) is 0 Å². The zero-order valence-electron chi connectivity index (χ0n) is 9.61. The summed E-state index contributed by atoms with van der Waals surface area (Å²) in [5.74, 6) is 1.54. The molecule has 4 heteroatoms. The van der Waals surface area contributed by atoms with Crippen LogP contribution in [-0.4, -0.2) is 9.55 Å². The Balaban J connectivity index is 2.08. The van der Waals surface area contributed by atoms with E-state index in [1.165, 1.54) is 25.7 Å². The molecule has 0 aliphatic heterocycles. The van der Waals surface area contributed by atoms with E-state index in [-0.39, 0.29) is 5.56 Å². The van der Waals surface area contributed by atoms with E-state index in [0.29, 0.717) is 10.7 Å². The Kier molecular flexibility index (Phi) is 3.59. The number of nitrogens with one attached hydrogen (secondary N) is 1. The molecule has 88 valence electrons. The Bertz CT molecular complexity index is 463. The molecular formula is C12H18N2OS. The third kappa shape index (κ3) is 2.82. The van der Waals surface area contributed by atoms with Crippen molar-refractivity contribution in [3.63, 3.8) is 0 Å².